The molecule has 0 aliphatic carbocycles. The van der Waals surface area contributed by atoms with E-state index in [-0.39, 0.29) is 4.90 Å². The van der Waals surface area contributed by atoms with E-state index in [2.05, 4.69) is 31.0 Å². The fourth-order valence-corrected chi connectivity index (χ4v) is 3.71. The van der Waals surface area contributed by atoms with E-state index in [9.17, 15) is 8.42 Å². The van der Waals surface area contributed by atoms with Crippen LogP contribution in [-0.2, 0) is 10.0 Å². The summed E-state index contributed by atoms with van der Waals surface area (Å²) in [5.41, 5.74) is 4.97. The number of fused-ring (bicyclic) bond motifs is 1. The monoisotopic (exact) mass is 382 g/mol. The molecule has 27 heavy (non-hydrogen) atoms. The van der Waals surface area contributed by atoms with Crippen LogP contribution < -0.4 is 4.72 Å². The van der Waals surface area contributed by atoms with Gasteiger partial charge in [-0.1, -0.05) is 6.07 Å². The minimum Gasteiger partial charge on any atom is -0.336 e. The fourth-order valence-electron chi connectivity index (χ4n) is 2.96. The van der Waals surface area contributed by atoms with Gasteiger partial charge in [0.05, 0.1) is 27.8 Å². The Morgan fingerprint density at radius 2 is 1.81 bits per heavy atom. The van der Waals surface area contributed by atoms with Crippen molar-refractivity contribution >= 4 is 21.1 Å². The molecule has 4 aromatic rings. The molecule has 0 bridgehead atoms. The first-order valence-corrected chi connectivity index (χ1v) is 9.79. The number of rotatable bonds is 4. The highest BCUT2D eigenvalue weighted by Gasteiger charge is 2.15. The smallest absolute Gasteiger partial charge is 0.240 e. The van der Waals surface area contributed by atoms with Gasteiger partial charge in [-0.3, -0.25) is 0 Å². The normalized spacial score (nSPS) is 12.0. The second kappa shape index (κ2) is 6.29. The van der Waals surface area contributed by atoms with Gasteiger partial charge in [0, 0.05) is 0 Å². The van der Waals surface area contributed by atoms with Gasteiger partial charge in [0.15, 0.2) is 5.82 Å². The summed E-state index contributed by atoms with van der Waals surface area (Å²) in [5.74, 6) is 0.527. The van der Waals surface area contributed by atoms with E-state index in [1.165, 1.54) is 13.1 Å². The third-order valence-electron chi connectivity index (χ3n) is 4.20. The largest absolute Gasteiger partial charge is 0.336 e. The molecule has 0 amide bonds. The van der Waals surface area contributed by atoms with E-state index in [1.807, 2.05) is 26.0 Å². The van der Waals surface area contributed by atoms with Crippen molar-refractivity contribution in [2.75, 3.05) is 7.05 Å². The molecule has 0 fully saturated rings. The molecular formula is C18H18N6O2S. The van der Waals surface area contributed by atoms with Gasteiger partial charge < -0.3 is 4.98 Å². The maximum absolute atomic E-state index is 12.0. The van der Waals surface area contributed by atoms with E-state index in [1.54, 1.807) is 23.1 Å². The number of hydrogen-bond acceptors (Lipinski definition) is 5. The number of benzene rings is 2. The zero-order chi connectivity index (χ0) is 19.2. The molecule has 0 saturated carbocycles. The standard InChI is InChI=1S/C18H18N6O2S/c1-11-6-12(2)8-13(7-11)24-20-10-17(23-24)18-21-15-5-4-14(9-16(15)22-18)27(25,26)19-3/h4-10,19H,1-3H3,(H,21,22). The number of nitrogens with zero attached hydrogens (tertiary/aromatic N) is 4. The lowest BCUT2D eigenvalue weighted by molar-refractivity contribution is 0.588. The van der Waals surface area contributed by atoms with E-state index in [0.29, 0.717) is 22.6 Å². The molecule has 0 aliphatic rings. The molecule has 2 aromatic carbocycles. The van der Waals surface area contributed by atoms with E-state index in [4.69, 9.17) is 0 Å². The molecule has 0 atom stereocenters. The lowest BCUT2D eigenvalue weighted by Crippen LogP contribution is -2.18. The summed E-state index contributed by atoms with van der Waals surface area (Å²) in [6.07, 6.45) is 1.63. The molecule has 0 spiro atoms. The summed E-state index contributed by atoms with van der Waals surface area (Å²) in [7, 11) is -2.14. The van der Waals surface area contributed by atoms with Crippen LogP contribution in [0.4, 0.5) is 0 Å². The lowest BCUT2D eigenvalue weighted by atomic mass is 10.1. The molecule has 0 saturated heterocycles. The van der Waals surface area contributed by atoms with Crippen molar-refractivity contribution in [3.8, 4) is 17.2 Å². The molecule has 138 valence electrons. The predicted octanol–water partition coefficient (Wildman–Crippen LogP) is 2.34. The van der Waals surface area contributed by atoms with Crippen molar-refractivity contribution in [2.45, 2.75) is 18.7 Å². The average Bonchev–Trinajstić information content (AvgIpc) is 3.27. The van der Waals surface area contributed by atoms with Crippen molar-refractivity contribution in [3.05, 3.63) is 53.7 Å². The summed E-state index contributed by atoms with van der Waals surface area (Å²) < 4.78 is 26.2. The van der Waals surface area contributed by atoms with Crippen LogP contribution in [0.25, 0.3) is 28.2 Å². The van der Waals surface area contributed by atoms with E-state index < -0.39 is 10.0 Å². The quantitative estimate of drug-likeness (QED) is 0.563. The molecule has 0 aliphatic heterocycles. The van der Waals surface area contributed by atoms with Gasteiger partial charge >= 0.3 is 0 Å². The minimum atomic E-state index is -3.51. The Labute approximate surface area is 156 Å². The number of hydrogen-bond donors (Lipinski definition) is 2. The molecule has 0 radical (unpaired) electrons. The highest BCUT2D eigenvalue weighted by molar-refractivity contribution is 7.89. The third kappa shape index (κ3) is 3.22. The van der Waals surface area contributed by atoms with Crippen LogP contribution >= 0.6 is 0 Å². The van der Waals surface area contributed by atoms with Gasteiger partial charge in [-0.2, -0.15) is 9.90 Å². The van der Waals surface area contributed by atoms with Crippen LogP contribution in [0.3, 0.4) is 0 Å². The summed E-state index contributed by atoms with van der Waals surface area (Å²) in [6.45, 7) is 4.05. The highest BCUT2D eigenvalue weighted by Crippen LogP contribution is 2.22. The summed E-state index contributed by atoms with van der Waals surface area (Å²) in [6, 6.07) is 10.8. The Balaban J connectivity index is 1.74. The Hall–Kier alpha value is -3.04. The van der Waals surface area contributed by atoms with Crippen molar-refractivity contribution in [2.24, 2.45) is 0 Å². The van der Waals surface area contributed by atoms with Crippen LogP contribution in [0.15, 0.2) is 47.5 Å². The number of sulfonamides is 1. The first-order chi connectivity index (χ1) is 12.9. The molecule has 2 heterocycles. The second-order valence-corrected chi connectivity index (χ2v) is 8.22. The first kappa shape index (κ1) is 17.4. The predicted molar refractivity (Wildman–Crippen MR) is 102 cm³/mol. The highest BCUT2D eigenvalue weighted by atomic mass is 32.2. The Morgan fingerprint density at radius 1 is 1.07 bits per heavy atom. The third-order valence-corrected chi connectivity index (χ3v) is 5.62. The minimum absolute atomic E-state index is 0.173. The topological polar surface area (TPSA) is 106 Å². The Kier molecular flexibility index (Phi) is 4.05. The molecule has 8 nitrogen and oxygen atoms in total. The second-order valence-electron chi connectivity index (χ2n) is 6.34. The van der Waals surface area contributed by atoms with Crippen LogP contribution in [-0.4, -0.2) is 40.4 Å². The molecule has 2 aromatic heterocycles. The van der Waals surface area contributed by atoms with E-state index >= 15 is 0 Å². The maximum Gasteiger partial charge on any atom is 0.240 e. The van der Waals surface area contributed by atoms with Crippen LogP contribution in [0.1, 0.15) is 11.1 Å². The van der Waals surface area contributed by atoms with Crippen molar-refractivity contribution in [3.63, 3.8) is 0 Å². The molecule has 2 N–H and O–H groups in total. The van der Waals surface area contributed by atoms with Gasteiger partial charge in [-0.15, -0.1) is 5.10 Å². The first-order valence-electron chi connectivity index (χ1n) is 8.30. The Bertz CT molecular complexity index is 1240. The van der Waals surface area contributed by atoms with Crippen molar-refractivity contribution < 1.29 is 8.42 Å². The van der Waals surface area contributed by atoms with Gasteiger partial charge in [0.25, 0.3) is 0 Å². The van der Waals surface area contributed by atoms with Crippen LogP contribution in [0.2, 0.25) is 0 Å². The average molecular weight is 382 g/mol. The number of aryl methyl sites for hydroxylation is 2. The number of aromatic amines is 1. The van der Waals surface area contributed by atoms with Gasteiger partial charge in [-0.25, -0.2) is 18.1 Å². The van der Waals surface area contributed by atoms with Crippen LogP contribution in [0, 0.1) is 13.8 Å². The number of H-pyrrole nitrogens is 1. The van der Waals surface area contributed by atoms with Crippen LogP contribution in [0.5, 0.6) is 0 Å². The van der Waals surface area contributed by atoms with Crippen molar-refractivity contribution in [1.29, 1.82) is 0 Å². The molecule has 9 heteroatoms. The van der Waals surface area contributed by atoms with Gasteiger partial charge in [0.1, 0.15) is 5.69 Å². The summed E-state index contributed by atoms with van der Waals surface area (Å²) in [5, 5.41) is 8.82. The number of nitrogens with one attached hydrogen (secondary N) is 2. The van der Waals surface area contributed by atoms with E-state index in [0.717, 1.165) is 16.8 Å². The number of imidazole rings is 1. The molecule has 0 unspecified atom stereocenters. The zero-order valence-corrected chi connectivity index (χ0v) is 15.9. The molecular weight excluding hydrogens is 364 g/mol. The molecule has 4 rings (SSSR count). The SMILES string of the molecule is CNS(=O)(=O)c1ccc2nc(-c3cnn(-c4cc(C)cc(C)c4)n3)[nH]c2c1. The summed E-state index contributed by atoms with van der Waals surface area (Å²) >= 11 is 0. The zero-order valence-electron chi connectivity index (χ0n) is 15.1. The fraction of sp³-hybridized carbons (Fsp3) is 0.167. The Morgan fingerprint density at radius 3 is 2.52 bits per heavy atom. The summed E-state index contributed by atoms with van der Waals surface area (Å²) in [4.78, 5) is 9.33. The lowest BCUT2D eigenvalue weighted by Gasteiger charge is -2.03. The van der Waals surface area contributed by atoms with Crippen molar-refractivity contribution in [1.82, 2.24) is 29.7 Å². The van der Waals surface area contributed by atoms with Gasteiger partial charge in [-0.05, 0) is 62.4 Å². The van der Waals surface area contributed by atoms with Gasteiger partial charge in [0.2, 0.25) is 10.0 Å². The maximum atomic E-state index is 12.0. The number of aromatic nitrogens is 5.